The van der Waals surface area contributed by atoms with Gasteiger partial charge in [-0.25, -0.2) is 4.79 Å². The maximum atomic E-state index is 12.2. The Morgan fingerprint density at radius 3 is 2.39 bits per heavy atom. The first-order valence-corrected chi connectivity index (χ1v) is 10.6. The molecule has 8 heteroatoms. The Hall–Kier alpha value is -3.06. The number of rotatable bonds is 12. The molecule has 0 aliphatic carbocycles. The molecule has 2 aromatic carbocycles. The lowest BCUT2D eigenvalue weighted by Crippen LogP contribution is -2.45. The van der Waals surface area contributed by atoms with Crippen LogP contribution >= 0.6 is 11.6 Å². The number of carbonyl (C=O) groups excluding carboxylic acids is 3. The van der Waals surface area contributed by atoms with Gasteiger partial charge in [-0.05, 0) is 30.0 Å². The zero-order valence-electron chi connectivity index (χ0n) is 17.3. The highest BCUT2D eigenvalue weighted by Crippen LogP contribution is 2.16. The number of hydrogen-bond acceptors (Lipinski definition) is 4. The van der Waals surface area contributed by atoms with Crippen LogP contribution in [0.2, 0.25) is 5.02 Å². The first-order chi connectivity index (χ1) is 15.0. The van der Waals surface area contributed by atoms with E-state index in [1.807, 2.05) is 36.4 Å². The van der Waals surface area contributed by atoms with Crippen LogP contribution in [-0.2, 0) is 27.4 Å². The summed E-state index contributed by atoms with van der Waals surface area (Å²) >= 11 is 6.11. The summed E-state index contributed by atoms with van der Waals surface area (Å²) in [7, 11) is 0. The predicted octanol–water partition coefficient (Wildman–Crippen LogP) is 3.34. The number of halogens is 1. The maximum Gasteiger partial charge on any atom is 0.407 e. The van der Waals surface area contributed by atoms with Crippen LogP contribution in [0.4, 0.5) is 4.79 Å². The van der Waals surface area contributed by atoms with E-state index in [1.165, 1.54) is 0 Å². The van der Waals surface area contributed by atoms with E-state index >= 15 is 0 Å². The molecule has 31 heavy (non-hydrogen) atoms. The molecule has 2 rings (SSSR count). The highest BCUT2D eigenvalue weighted by atomic mass is 35.5. The number of nitrogens with two attached hydrogens (primary N) is 1. The van der Waals surface area contributed by atoms with E-state index < -0.39 is 18.0 Å². The number of carbonyl (C=O) groups is 3. The van der Waals surface area contributed by atoms with Crippen LogP contribution in [0.25, 0.3) is 0 Å². The number of alkyl carbamates (subject to hydrolysis) is 1. The van der Waals surface area contributed by atoms with Crippen LogP contribution in [0, 0.1) is 0 Å². The summed E-state index contributed by atoms with van der Waals surface area (Å²) in [4.78, 5) is 35.5. The van der Waals surface area contributed by atoms with E-state index in [1.54, 1.807) is 18.2 Å². The second-order valence-electron chi connectivity index (χ2n) is 7.12. The van der Waals surface area contributed by atoms with Crippen molar-refractivity contribution >= 4 is 29.5 Å². The smallest absolute Gasteiger partial charge is 0.407 e. The maximum absolute atomic E-state index is 12.2. The minimum atomic E-state index is -0.812. The first kappa shape index (κ1) is 24.2. The van der Waals surface area contributed by atoms with E-state index in [2.05, 4.69) is 10.6 Å². The Morgan fingerprint density at radius 2 is 1.68 bits per heavy atom. The lowest BCUT2D eigenvalue weighted by Gasteiger charge is -2.16. The molecule has 166 valence electrons. The molecular weight excluding hydrogens is 418 g/mol. The Labute approximate surface area is 187 Å². The Bertz CT molecular complexity index is 861. The van der Waals surface area contributed by atoms with Crippen LogP contribution in [0.5, 0.6) is 0 Å². The summed E-state index contributed by atoms with van der Waals surface area (Å²) < 4.78 is 5.13. The molecule has 0 bridgehead atoms. The van der Waals surface area contributed by atoms with Gasteiger partial charge in [0, 0.05) is 24.4 Å². The van der Waals surface area contributed by atoms with Crippen LogP contribution < -0.4 is 16.4 Å². The Kier molecular flexibility index (Phi) is 10.4. The van der Waals surface area contributed by atoms with E-state index in [0.717, 1.165) is 17.5 Å². The van der Waals surface area contributed by atoms with Crippen LogP contribution in [-0.4, -0.2) is 30.5 Å². The van der Waals surface area contributed by atoms with Gasteiger partial charge in [0.2, 0.25) is 11.8 Å². The predicted molar refractivity (Wildman–Crippen MR) is 119 cm³/mol. The topological polar surface area (TPSA) is 111 Å². The quantitative estimate of drug-likeness (QED) is 0.435. The van der Waals surface area contributed by atoms with Crippen molar-refractivity contribution in [2.75, 3.05) is 6.54 Å². The normalized spacial score (nSPS) is 11.4. The summed E-state index contributed by atoms with van der Waals surface area (Å²) in [6.45, 7) is 0.688. The fourth-order valence-electron chi connectivity index (χ4n) is 2.93. The number of benzene rings is 2. The van der Waals surface area contributed by atoms with Crippen molar-refractivity contribution in [2.24, 2.45) is 5.73 Å². The number of nitrogens with one attached hydrogen (secondary N) is 2. The summed E-state index contributed by atoms with van der Waals surface area (Å²) in [6, 6.07) is 15.7. The van der Waals surface area contributed by atoms with E-state index in [-0.39, 0.29) is 25.4 Å². The van der Waals surface area contributed by atoms with Crippen molar-refractivity contribution < 1.29 is 19.1 Å². The molecule has 7 nitrogen and oxygen atoms in total. The van der Waals surface area contributed by atoms with E-state index in [0.29, 0.717) is 24.4 Å². The lowest BCUT2D eigenvalue weighted by atomic mass is 10.0. The highest BCUT2D eigenvalue weighted by molar-refractivity contribution is 6.31. The average Bonchev–Trinajstić information content (AvgIpc) is 2.76. The van der Waals surface area contributed by atoms with Crippen molar-refractivity contribution in [2.45, 2.75) is 44.8 Å². The van der Waals surface area contributed by atoms with Crippen LogP contribution in [0.1, 0.15) is 36.8 Å². The molecular formula is C23H28ClN3O4. The van der Waals surface area contributed by atoms with Crippen molar-refractivity contribution in [1.82, 2.24) is 10.6 Å². The second-order valence-corrected chi connectivity index (χ2v) is 7.52. The molecule has 0 saturated heterocycles. The number of hydrogen-bond donors (Lipinski definition) is 3. The number of primary amides is 1. The molecule has 3 amide bonds. The lowest BCUT2D eigenvalue weighted by molar-refractivity contribution is -0.127. The van der Waals surface area contributed by atoms with Gasteiger partial charge in [-0.1, -0.05) is 66.6 Å². The first-order valence-electron chi connectivity index (χ1n) is 10.2. The van der Waals surface area contributed by atoms with Gasteiger partial charge >= 0.3 is 6.09 Å². The van der Waals surface area contributed by atoms with Crippen molar-refractivity contribution in [1.29, 1.82) is 0 Å². The van der Waals surface area contributed by atoms with Gasteiger partial charge < -0.3 is 21.1 Å². The zero-order chi connectivity index (χ0) is 22.5. The Balaban J connectivity index is 1.58. The number of unbranched alkanes of at least 4 members (excludes halogenated alkanes) is 2. The SMILES string of the molecule is NC(=O)[C@H](Cc1ccccc1Cl)NC(=O)CCCCCNC(=O)OCc1ccccc1. The van der Waals surface area contributed by atoms with Crippen LogP contribution in [0.15, 0.2) is 54.6 Å². The van der Waals surface area contributed by atoms with Crippen molar-refractivity contribution in [3.05, 3.63) is 70.7 Å². The monoisotopic (exact) mass is 445 g/mol. The third-order valence-corrected chi connectivity index (χ3v) is 4.99. The minimum absolute atomic E-state index is 0.224. The third kappa shape index (κ3) is 9.53. The molecule has 1 atom stereocenters. The van der Waals surface area contributed by atoms with Gasteiger partial charge in [0.25, 0.3) is 0 Å². The number of amides is 3. The summed E-state index contributed by atoms with van der Waals surface area (Å²) in [6.07, 6.45) is 2.14. The zero-order valence-corrected chi connectivity index (χ0v) is 18.1. The molecule has 2 aromatic rings. The van der Waals surface area contributed by atoms with Gasteiger partial charge in [0.15, 0.2) is 0 Å². The van der Waals surface area contributed by atoms with Crippen molar-refractivity contribution in [3.63, 3.8) is 0 Å². The highest BCUT2D eigenvalue weighted by Gasteiger charge is 2.19. The summed E-state index contributed by atoms with van der Waals surface area (Å²) in [5, 5.41) is 5.88. The number of ether oxygens (including phenoxy) is 1. The third-order valence-electron chi connectivity index (χ3n) is 4.62. The molecule has 0 spiro atoms. The standard InChI is InChI=1S/C23H28ClN3O4/c24-19-12-7-6-11-18(19)15-20(22(25)29)27-21(28)13-5-2-8-14-26-23(30)31-16-17-9-3-1-4-10-17/h1,3-4,6-7,9-12,20H,2,5,8,13-16H2,(H2,25,29)(H,26,30)(H,27,28)/t20-/m0/s1. The molecule has 4 N–H and O–H groups in total. The minimum Gasteiger partial charge on any atom is -0.445 e. The van der Waals surface area contributed by atoms with Gasteiger partial charge in [-0.15, -0.1) is 0 Å². The molecule has 0 radical (unpaired) electrons. The molecule has 0 unspecified atom stereocenters. The average molecular weight is 446 g/mol. The molecule has 0 aliphatic heterocycles. The van der Waals surface area contributed by atoms with Gasteiger partial charge in [-0.2, -0.15) is 0 Å². The van der Waals surface area contributed by atoms with E-state index in [4.69, 9.17) is 22.1 Å². The molecule has 0 fully saturated rings. The fourth-order valence-corrected chi connectivity index (χ4v) is 3.14. The summed E-state index contributed by atoms with van der Waals surface area (Å²) in [5.41, 5.74) is 7.09. The largest absolute Gasteiger partial charge is 0.445 e. The molecule has 0 saturated carbocycles. The van der Waals surface area contributed by atoms with Crippen molar-refractivity contribution in [3.8, 4) is 0 Å². The van der Waals surface area contributed by atoms with Gasteiger partial charge in [0.1, 0.15) is 12.6 Å². The molecule has 0 aromatic heterocycles. The second kappa shape index (κ2) is 13.3. The summed E-state index contributed by atoms with van der Waals surface area (Å²) in [5.74, 6) is -0.849. The Morgan fingerprint density at radius 1 is 0.968 bits per heavy atom. The fraction of sp³-hybridized carbons (Fsp3) is 0.348. The van der Waals surface area contributed by atoms with Crippen LogP contribution in [0.3, 0.4) is 0 Å². The van der Waals surface area contributed by atoms with Gasteiger partial charge in [-0.3, -0.25) is 9.59 Å². The molecule has 0 heterocycles. The van der Waals surface area contributed by atoms with E-state index in [9.17, 15) is 14.4 Å². The van der Waals surface area contributed by atoms with Gasteiger partial charge in [0.05, 0.1) is 0 Å². The molecule has 0 aliphatic rings.